The highest BCUT2D eigenvalue weighted by atomic mass is 35.5. The Hall–Kier alpha value is -2.36. The van der Waals surface area contributed by atoms with Gasteiger partial charge in [-0.1, -0.05) is 71.7 Å². The van der Waals surface area contributed by atoms with Crippen molar-refractivity contribution in [3.63, 3.8) is 0 Å². The second-order valence-electron chi connectivity index (χ2n) is 5.28. The molecule has 0 aromatic heterocycles. The van der Waals surface area contributed by atoms with Gasteiger partial charge in [-0.15, -0.1) is 0 Å². The Morgan fingerprint density at radius 3 is 2.62 bits per heavy atom. The minimum atomic E-state index is -0.178. The molecule has 5 heteroatoms. The van der Waals surface area contributed by atoms with E-state index in [0.717, 1.165) is 21.9 Å². The largest absolute Gasteiger partial charge is 0.273 e. The van der Waals surface area contributed by atoms with Gasteiger partial charge < -0.3 is 0 Å². The first kappa shape index (κ1) is 16.5. The van der Waals surface area contributed by atoms with Crippen LogP contribution in [0.2, 0.25) is 10.0 Å². The molecule has 1 N–H and O–H groups in total. The van der Waals surface area contributed by atoms with E-state index in [4.69, 9.17) is 23.2 Å². The summed E-state index contributed by atoms with van der Waals surface area (Å²) in [6.07, 6.45) is 1.79. The normalized spacial score (nSPS) is 11.1. The van der Waals surface area contributed by atoms with Gasteiger partial charge in [-0.05, 0) is 34.0 Å². The molecule has 0 aliphatic rings. The Morgan fingerprint density at radius 1 is 1.00 bits per heavy atom. The number of nitrogens with zero attached hydrogens (tertiary/aromatic N) is 1. The summed E-state index contributed by atoms with van der Waals surface area (Å²) >= 11 is 11.8. The summed E-state index contributed by atoms with van der Waals surface area (Å²) in [5, 5.41) is 7.08. The molecule has 3 aromatic carbocycles. The maximum atomic E-state index is 12.1. The number of hydrazone groups is 1. The molecule has 0 fully saturated rings. The Kier molecular flexibility index (Phi) is 5.14. The minimum absolute atomic E-state index is 0.178. The molecule has 3 rings (SSSR count). The van der Waals surface area contributed by atoms with Crippen molar-refractivity contribution in [3.8, 4) is 0 Å². The number of hydrogen-bond donors (Lipinski definition) is 1. The van der Waals surface area contributed by atoms with Crippen molar-refractivity contribution >= 4 is 46.1 Å². The van der Waals surface area contributed by atoms with E-state index >= 15 is 0 Å². The van der Waals surface area contributed by atoms with E-state index in [1.807, 2.05) is 42.5 Å². The maximum absolute atomic E-state index is 12.1. The first-order chi connectivity index (χ1) is 11.6. The summed E-state index contributed by atoms with van der Waals surface area (Å²) in [4.78, 5) is 12.1. The van der Waals surface area contributed by atoms with Gasteiger partial charge in [0.1, 0.15) is 0 Å². The Morgan fingerprint density at radius 2 is 1.79 bits per heavy atom. The second kappa shape index (κ2) is 7.47. The zero-order valence-electron chi connectivity index (χ0n) is 12.7. The predicted molar refractivity (Wildman–Crippen MR) is 99.9 cm³/mol. The predicted octanol–water partition coefficient (Wildman–Crippen LogP) is 4.84. The smallest absolute Gasteiger partial charge is 0.244 e. The number of halogens is 2. The fourth-order valence-corrected chi connectivity index (χ4v) is 2.74. The van der Waals surface area contributed by atoms with Crippen LogP contribution in [0.1, 0.15) is 11.1 Å². The van der Waals surface area contributed by atoms with Gasteiger partial charge in [0, 0.05) is 0 Å². The second-order valence-corrected chi connectivity index (χ2v) is 6.10. The molecule has 0 aliphatic carbocycles. The van der Waals surface area contributed by atoms with Gasteiger partial charge in [0.25, 0.3) is 0 Å². The van der Waals surface area contributed by atoms with Gasteiger partial charge >= 0.3 is 0 Å². The average molecular weight is 357 g/mol. The topological polar surface area (TPSA) is 41.5 Å². The molecule has 120 valence electrons. The highest BCUT2D eigenvalue weighted by Gasteiger charge is 2.06. The molecule has 0 heterocycles. The first-order valence-corrected chi connectivity index (χ1v) is 8.13. The molecule has 0 saturated heterocycles. The lowest BCUT2D eigenvalue weighted by Crippen LogP contribution is -2.19. The van der Waals surface area contributed by atoms with Crippen LogP contribution in [0.3, 0.4) is 0 Å². The Balaban J connectivity index is 1.67. The monoisotopic (exact) mass is 356 g/mol. The van der Waals surface area contributed by atoms with Crippen LogP contribution in [0.5, 0.6) is 0 Å². The third kappa shape index (κ3) is 3.94. The molecule has 0 spiro atoms. The van der Waals surface area contributed by atoms with Gasteiger partial charge in [0.05, 0.1) is 22.7 Å². The third-order valence-corrected chi connectivity index (χ3v) is 4.32. The molecule has 1 amide bonds. The molecule has 0 atom stereocenters. The number of nitrogens with one attached hydrogen (secondary N) is 1. The fraction of sp³-hybridized carbons (Fsp3) is 0.0526. The van der Waals surface area contributed by atoms with Crippen molar-refractivity contribution in [2.24, 2.45) is 5.10 Å². The van der Waals surface area contributed by atoms with Crippen LogP contribution in [-0.4, -0.2) is 12.1 Å². The van der Waals surface area contributed by atoms with E-state index in [1.165, 1.54) is 6.21 Å². The van der Waals surface area contributed by atoms with Gasteiger partial charge in [-0.2, -0.15) is 5.10 Å². The zero-order valence-corrected chi connectivity index (χ0v) is 14.2. The van der Waals surface area contributed by atoms with Crippen molar-refractivity contribution in [2.75, 3.05) is 0 Å². The highest BCUT2D eigenvalue weighted by Crippen LogP contribution is 2.22. The summed E-state index contributed by atoms with van der Waals surface area (Å²) in [7, 11) is 0. The molecular formula is C19H14Cl2N2O. The van der Waals surface area contributed by atoms with E-state index in [2.05, 4.69) is 10.5 Å². The van der Waals surface area contributed by atoms with Crippen molar-refractivity contribution in [1.29, 1.82) is 0 Å². The lowest BCUT2D eigenvalue weighted by molar-refractivity contribution is -0.120. The molecule has 3 nitrogen and oxygen atoms in total. The molecule has 0 unspecified atom stereocenters. The SMILES string of the molecule is O=C(Cc1cccc2ccccc12)NN=Cc1ccc(Cl)c(Cl)c1. The van der Waals surface area contributed by atoms with Crippen molar-refractivity contribution < 1.29 is 4.79 Å². The Labute approximate surface area is 149 Å². The summed E-state index contributed by atoms with van der Waals surface area (Å²) in [5.74, 6) is -0.178. The molecule has 24 heavy (non-hydrogen) atoms. The fourth-order valence-electron chi connectivity index (χ4n) is 2.43. The summed E-state index contributed by atoms with van der Waals surface area (Å²) in [5.41, 5.74) is 4.26. The van der Waals surface area contributed by atoms with Gasteiger partial charge in [-0.3, -0.25) is 4.79 Å². The highest BCUT2D eigenvalue weighted by molar-refractivity contribution is 6.42. The third-order valence-electron chi connectivity index (χ3n) is 3.58. The Bertz CT molecular complexity index is 917. The quantitative estimate of drug-likeness (QED) is 0.527. The van der Waals surface area contributed by atoms with E-state index in [-0.39, 0.29) is 12.3 Å². The molecule has 3 aromatic rings. The molecule has 0 bridgehead atoms. The van der Waals surface area contributed by atoms with Gasteiger partial charge in [-0.25, -0.2) is 5.43 Å². The number of carbonyl (C=O) groups excluding carboxylic acids is 1. The van der Waals surface area contributed by atoms with Gasteiger partial charge in [0.2, 0.25) is 5.91 Å². The van der Waals surface area contributed by atoms with Gasteiger partial charge in [0.15, 0.2) is 0 Å². The van der Waals surface area contributed by atoms with E-state index in [9.17, 15) is 4.79 Å². The van der Waals surface area contributed by atoms with Crippen LogP contribution in [-0.2, 0) is 11.2 Å². The molecule has 0 radical (unpaired) electrons. The summed E-state index contributed by atoms with van der Waals surface area (Å²) < 4.78 is 0. The zero-order chi connectivity index (χ0) is 16.9. The lowest BCUT2D eigenvalue weighted by atomic mass is 10.0. The minimum Gasteiger partial charge on any atom is -0.273 e. The average Bonchev–Trinajstić information content (AvgIpc) is 2.58. The summed E-state index contributed by atoms with van der Waals surface area (Å²) in [6.45, 7) is 0. The number of carbonyl (C=O) groups is 1. The first-order valence-electron chi connectivity index (χ1n) is 7.37. The van der Waals surface area contributed by atoms with E-state index in [1.54, 1.807) is 18.2 Å². The maximum Gasteiger partial charge on any atom is 0.244 e. The van der Waals surface area contributed by atoms with Crippen molar-refractivity contribution in [3.05, 3.63) is 81.8 Å². The van der Waals surface area contributed by atoms with Crippen LogP contribution >= 0.6 is 23.2 Å². The van der Waals surface area contributed by atoms with Crippen LogP contribution in [0.25, 0.3) is 10.8 Å². The van der Waals surface area contributed by atoms with Crippen molar-refractivity contribution in [2.45, 2.75) is 6.42 Å². The number of benzene rings is 3. The number of fused-ring (bicyclic) bond motifs is 1. The van der Waals surface area contributed by atoms with Crippen molar-refractivity contribution in [1.82, 2.24) is 5.43 Å². The molecular weight excluding hydrogens is 343 g/mol. The van der Waals surface area contributed by atoms with E-state index < -0.39 is 0 Å². The number of amides is 1. The lowest BCUT2D eigenvalue weighted by Gasteiger charge is -2.05. The van der Waals surface area contributed by atoms with Crippen LogP contribution in [0.15, 0.2) is 65.8 Å². The van der Waals surface area contributed by atoms with E-state index in [0.29, 0.717) is 10.0 Å². The van der Waals surface area contributed by atoms with Crippen LogP contribution < -0.4 is 5.43 Å². The van der Waals surface area contributed by atoms with Crippen LogP contribution in [0, 0.1) is 0 Å². The standard InChI is InChI=1S/C19H14Cl2N2O/c20-17-9-8-13(10-18(17)21)12-22-23-19(24)11-15-6-3-5-14-4-1-2-7-16(14)15/h1-10,12H,11H2,(H,23,24). The summed E-state index contributed by atoms with van der Waals surface area (Å²) in [6, 6.07) is 19.0. The molecule has 0 aliphatic heterocycles. The molecule has 0 saturated carbocycles. The van der Waals surface area contributed by atoms with Crippen LogP contribution in [0.4, 0.5) is 0 Å². The number of rotatable bonds is 4. The number of hydrogen-bond acceptors (Lipinski definition) is 2.